The van der Waals surface area contributed by atoms with E-state index in [2.05, 4.69) is 10.0 Å². The fourth-order valence-electron chi connectivity index (χ4n) is 2.59. The second kappa shape index (κ2) is 9.45. The molecule has 0 saturated carbocycles. The lowest BCUT2D eigenvalue weighted by Crippen LogP contribution is -2.26. The molecule has 0 aliphatic carbocycles. The molecule has 0 unspecified atom stereocenters. The molecule has 29 heavy (non-hydrogen) atoms. The van der Waals surface area contributed by atoms with Gasteiger partial charge in [-0.3, -0.25) is 4.79 Å². The van der Waals surface area contributed by atoms with Crippen molar-refractivity contribution >= 4 is 39.1 Å². The highest BCUT2D eigenvalue weighted by Crippen LogP contribution is 2.21. The highest BCUT2D eigenvalue weighted by molar-refractivity contribution is 7.89. The maximum Gasteiger partial charge on any atom is 0.251 e. The molecule has 2 N–H and O–H groups in total. The quantitative estimate of drug-likeness (QED) is 0.539. The molecule has 1 amide bonds. The van der Waals surface area contributed by atoms with E-state index < -0.39 is 10.0 Å². The lowest BCUT2D eigenvalue weighted by Gasteiger charge is -2.09. The van der Waals surface area contributed by atoms with Crippen molar-refractivity contribution < 1.29 is 17.6 Å². The summed E-state index contributed by atoms with van der Waals surface area (Å²) in [6.07, 6.45) is 2.02. The van der Waals surface area contributed by atoms with Gasteiger partial charge in [0.1, 0.15) is 5.76 Å². The Bertz CT molecular complexity index is 1080. The maximum absolute atomic E-state index is 12.3. The summed E-state index contributed by atoms with van der Waals surface area (Å²) in [4.78, 5) is 12.3. The molecule has 3 rings (SSSR count). The van der Waals surface area contributed by atoms with Gasteiger partial charge in [-0.2, -0.15) is 0 Å². The van der Waals surface area contributed by atoms with Gasteiger partial charge in [0.2, 0.25) is 10.0 Å². The van der Waals surface area contributed by atoms with Crippen molar-refractivity contribution in [2.45, 2.75) is 17.9 Å². The van der Waals surface area contributed by atoms with Crippen molar-refractivity contribution in [1.82, 2.24) is 10.0 Å². The number of benzene rings is 2. The Balaban J connectivity index is 1.55. The summed E-state index contributed by atoms with van der Waals surface area (Å²) in [6.45, 7) is 0.426. The van der Waals surface area contributed by atoms with Gasteiger partial charge in [-0.15, -0.1) is 0 Å². The number of furan rings is 1. The van der Waals surface area contributed by atoms with Crippen LogP contribution in [0.2, 0.25) is 10.0 Å². The van der Waals surface area contributed by atoms with Crippen molar-refractivity contribution in [3.8, 4) is 0 Å². The Morgan fingerprint density at radius 2 is 1.79 bits per heavy atom. The van der Waals surface area contributed by atoms with Crippen LogP contribution in [0, 0.1) is 0 Å². The molecule has 0 spiro atoms. The zero-order valence-corrected chi connectivity index (χ0v) is 17.5. The molecule has 0 fully saturated rings. The van der Waals surface area contributed by atoms with E-state index in [-0.39, 0.29) is 17.3 Å². The largest absolute Gasteiger partial charge is 0.468 e. The lowest BCUT2D eigenvalue weighted by atomic mass is 10.1. The summed E-state index contributed by atoms with van der Waals surface area (Å²) >= 11 is 12.0. The average molecular weight is 453 g/mol. The first kappa shape index (κ1) is 21.4. The third-order valence-corrected chi connectivity index (χ3v) is 6.14. The number of sulfonamides is 1. The zero-order valence-electron chi connectivity index (χ0n) is 15.2. The Labute approximate surface area is 178 Å². The van der Waals surface area contributed by atoms with E-state index in [9.17, 15) is 13.2 Å². The maximum atomic E-state index is 12.3. The predicted octanol–water partition coefficient (Wildman–Crippen LogP) is 4.04. The third-order valence-electron chi connectivity index (χ3n) is 4.14. The summed E-state index contributed by atoms with van der Waals surface area (Å²) in [5.41, 5.74) is 1.23. The van der Waals surface area contributed by atoms with Crippen LogP contribution in [-0.2, 0) is 23.0 Å². The molecular formula is C20H18Cl2N2O4S. The molecule has 0 bridgehead atoms. The minimum Gasteiger partial charge on any atom is -0.468 e. The highest BCUT2D eigenvalue weighted by atomic mass is 35.5. The van der Waals surface area contributed by atoms with Gasteiger partial charge in [-0.25, -0.2) is 13.1 Å². The number of hydrogen-bond donors (Lipinski definition) is 2. The molecule has 1 heterocycles. The second-order valence-electron chi connectivity index (χ2n) is 6.17. The van der Waals surface area contributed by atoms with Crippen LogP contribution in [0.5, 0.6) is 0 Å². The predicted molar refractivity (Wildman–Crippen MR) is 112 cm³/mol. The van der Waals surface area contributed by atoms with Crippen LogP contribution < -0.4 is 10.0 Å². The van der Waals surface area contributed by atoms with Gasteiger partial charge in [-0.05, 0) is 60.5 Å². The Hall–Kier alpha value is -2.32. The van der Waals surface area contributed by atoms with E-state index in [1.54, 1.807) is 24.3 Å². The average Bonchev–Trinajstić information content (AvgIpc) is 3.22. The Morgan fingerprint density at radius 1 is 1.03 bits per heavy atom. The van der Waals surface area contributed by atoms with Crippen LogP contribution in [0.15, 0.2) is 70.2 Å². The molecule has 9 heteroatoms. The SMILES string of the molecule is O=C(NCCc1ccc(Cl)cc1Cl)c1ccc(S(=O)(=O)NCc2ccco2)cc1. The van der Waals surface area contributed by atoms with Crippen molar-refractivity contribution in [1.29, 1.82) is 0 Å². The number of nitrogens with one attached hydrogen (secondary N) is 2. The van der Waals surface area contributed by atoms with Gasteiger partial charge in [0.15, 0.2) is 0 Å². The number of carbonyl (C=O) groups excluding carboxylic acids is 1. The van der Waals surface area contributed by atoms with Crippen LogP contribution >= 0.6 is 23.2 Å². The topological polar surface area (TPSA) is 88.4 Å². The van der Waals surface area contributed by atoms with Crippen LogP contribution in [0.1, 0.15) is 21.7 Å². The van der Waals surface area contributed by atoms with Crippen molar-refractivity contribution in [3.05, 3.63) is 87.8 Å². The minimum absolute atomic E-state index is 0.0465. The van der Waals surface area contributed by atoms with Gasteiger partial charge in [-0.1, -0.05) is 29.3 Å². The molecule has 0 atom stereocenters. The molecule has 2 aromatic carbocycles. The fraction of sp³-hybridized carbons (Fsp3) is 0.150. The molecule has 0 saturated heterocycles. The number of halogens is 2. The molecule has 0 aliphatic rings. The van der Waals surface area contributed by atoms with Gasteiger partial charge in [0.25, 0.3) is 5.91 Å². The molecular weight excluding hydrogens is 435 g/mol. The van der Waals surface area contributed by atoms with E-state index in [1.165, 1.54) is 30.5 Å². The Kier molecular flexibility index (Phi) is 6.97. The van der Waals surface area contributed by atoms with E-state index in [0.717, 1.165) is 5.56 Å². The first-order chi connectivity index (χ1) is 13.8. The number of rotatable bonds is 8. The number of amides is 1. The molecule has 152 valence electrons. The van der Waals surface area contributed by atoms with E-state index in [1.807, 2.05) is 6.07 Å². The normalized spacial score (nSPS) is 11.4. The summed E-state index contributed by atoms with van der Waals surface area (Å²) in [5, 5.41) is 3.88. The Morgan fingerprint density at radius 3 is 2.45 bits per heavy atom. The zero-order chi connectivity index (χ0) is 20.9. The number of hydrogen-bond acceptors (Lipinski definition) is 4. The van der Waals surface area contributed by atoms with E-state index in [0.29, 0.717) is 34.3 Å². The summed E-state index contributed by atoms with van der Waals surface area (Å²) in [7, 11) is -3.71. The first-order valence-electron chi connectivity index (χ1n) is 8.69. The van der Waals surface area contributed by atoms with Crippen LogP contribution in [0.3, 0.4) is 0 Å². The fourth-order valence-corrected chi connectivity index (χ4v) is 4.08. The molecule has 6 nitrogen and oxygen atoms in total. The smallest absolute Gasteiger partial charge is 0.251 e. The van der Waals surface area contributed by atoms with E-state index >= 15 is 0 Å². The number of carbonyl (C=O) groups is 1. The lowest BCUT2D eigenvalue weighted by molar-refractivity contribution is 0.0954. The van der Waals surface area contributed by atoms with Crippen molar-refractivity contribution in [2.75, 3.05) is 6.54 Å². The second-order valence-corrected chi connectivity index (χ2v) is 8.78. The standard InChI is InChI=1S/C20H18Cl2N2O4S/c21-16-6-3-14(19(22)12-16)9-10-23-20(25)15-4-7-18(8-5-15)29(26,27)24-13-17-2-1-11-28-17/h1-8,11-12,24H,9-10,13H2,(H,23,25). The minimum atomic E-state index is -3.71. The van der Waals surface area contributed by atoms with E-state index in [4.69, 9.17) is 27.6 Å². The van der Waals surface area contributed by atoms with Crippen LogP contribution in [-0.4, -0.2) is 20.9 Å². The van der Waals surface area contributed by atoms with Gasteiger partial charge in [0.05, 0.1) is 17.7 Å². The van der Waals surface area contributed by atoms with Gasteiger partial charge < -0.3 is 9.73 Å². The van der Waals surface area contributed by atoms with Gasteiger partial charge >= 0.3 is 0 Å². The first-order valence-corrected chi connectivity index (χ1v) is 10.9. The molecule has 0 aliphatic heterocycles. The van der Waals surface area contributed by atoms with Crippen molar-refractivity contribution in [3.63, 3.8) is 0 Å². The summed E-state index contributed by atoms with van der Waals surface area (Å²) in [6, 6.07) is 14.3. The van der Waals surface area contributed by atoms with Crippen LogP contribution in [0.25, 0.3) is 0 Å². The van der Waals surface area contributed by atoms with Crippen molar-refractivity contribution in [2.24, 2.45) is 0 Å². The summed E-state index contributed by atoms with van der Waals surface area (Å²) < 4.78 is 32.2. The molecule has 0 radical (unpaired) electrons. The third kappa shape index (κ3) is 5.83. The molecule has 1 aromatic heterocycles. The highest BCUT2D eigenvalue weighted by Gasteiger charge is 2.15. The molecule has 3 aromatic rings. The van der Waals surface area contributed by atoms with Gasteiger partial charge in [0, 0.05) is 22.2 Å². The van der Waals surface area contributed by atoms with Crippen LogP contribution in [0.4, 0.5) is 0 Å². The monoisotopic (exact) mass is 452 g/mol. The summed E-state index contributed by atoms with van der Waals surface area (Å²) in [5.74, 6) is 0.202.